The smallest absolute Gasteiger partial charge is 0.151 e. The minimum Gasteiger partial charge on any atom is -0.391 e. The van der Waals surface area contributed by atoms with E-state index in [0.717, 1.165) is 12.4 Å². The first-order chi connectivity index (χ1) is 6.27. The van der Waals surface area contributed by atoms with Crippen LogP contribution < -0.4 is 4.90 Å². The fourth-order valence-corrected chi connectivity index (χ4v) is 1.60. The molecule has 1 aliphatic heterocycles. The summed E-state index contributed by atoms with van der Waals surface area (Å²) >= 11 is 0. The van der Waals surface area contributed by atoms with Gasteiger partial charge in [0.25, 0.3) is 0 Å². The molecule has 4 heteroatoms. The van der Waals surface area contributed by atoms with Gasteiger partial charge in [0.15, 0.2) is 5.82 Å². The van der Waals surface area contributed by atoms with E-state index >= 15 is 0 Å². The van der Waals surface area contributed by atoms with Gasteiger partial charge >= 0.3 is 0 Å². The van der Waals surface area contributed by atoms with E-state index in [1.165, 1.54) is 0 Å². The van der Waals surface area contributed by atoms with Gasteiger partial charge in [-0.1, -0.05) is 6.92 Å². The lowest BCUT2D eigenvalue weighted by Gasteiger charge is -2.14. The molecule has 4 nitrogen and oxygen atoms in total. The van der Waals surface area contributed by atoms with Gasteiger partial charge in [0.1, 0.15) is 0 Å². The highest BCUT2D eigenvalue weighted by Crippen LogP contribution is 2.20. The van der Waals surface area contributed by atoms with Crippen LogP contribution in [-0.4, -0.2) is 34.5 Å². The van der Waals surface area contributed by atoms with Crippen LogP contribution in [0.25, 0.3) is 0 Å². The molecule has 0 bridgehead atoms. The summed E-state index contributed by atoms with van der Waals surface area (Å²) in [5.74, 6) is 1.17. The second kappa shape index (κ2) is 3.30. The standard InChI is InChI=1S/C9H13N3O/c1-7-5-12(6-8(7)13)9-3-2-4-10-11-9/h2-4,7-8,13H,5-6H2,1H3/t7-,8-/m0/s1. The normalized spacial score (nSPS) is 28.0. The Kier molecular flexibility index (Phi) is 2.14. The number of aliphatic hydroxyl groups excluding tert-OH is 1. The van der Waals surface area contributed by atoms with E-state index in [2.05, 4.69) is 15.1 Å². The van der Waals surface area contributed by atoms with Gasteiger partial charge in [0.05, 0.1) is 6.10 Å². The molecule has 0 spiro atoms. The van der Waals surface area contributed by atoms with Crippen LogP contribution >= 0.6 is 0 Å². The molecule has 1 aromatic heterocycles. The van der Waals surface area contributed by atoms with Crippen LogP contribution in [0.4, 0.5) is 5.82 Å². The largest absolute Gasteiger partial charge is 0.391 e. The summed E-state index contributed by atoms with van der Waals surface area (Å²) in [6.45, 7) is 3.57. The quantitative estimate of drug-likeness (QED) is 0.673. The number of aliphatic hydroxyl groups is 1. The minimum atomic E-state index is -0.234. The van der Waals surface area contributed by atoms with E-state index < -0.39 is 0 Å². The third kappa shape index (κ3) is 1.62. The van der Waals surface area contributed by atoms with Crippen LogP contribution in [0.5, 0.6) is 0 Å². The Hall–Kier alpha value is -1.16. The maximum atomic E-state index is 9.54. The minimum absolute atomic E-state index is 0.234. The molecule has 0 unspecified atom stereocenters. The van der Waals surface area contributed by atoms with Gasteiger partial charge in [-0.2, -0.15) is 5.10 Å². The van der Waals surface area contributed by atoms with Crippen molar-refractivity contribution in [2.75, 3.05) is 18.0 Å². The first-order valence-electron chi connectivity index (χ1n) is 4.48. The van der Waals surface area contributed by atoms with E-state index in [-0.39, 0.29) is 6.10 Å². The summed E-state index contributed by atoms with van der Waals surface area (Å²) in [4.78, 5) is 2.06. The topological polar surface area (TPSA) is 49.2 Å². The summed E-state index contributed by atoms with van der Waals surface area (Å²) in [7, 11) is 0. The van der Waals surface area contributed by atoms with Crippen LogP contribution in [0.1, 0.15) is 6.92 Å². The van der Waals surface area contributed by atoms with Crippen LogP contribution in [-0.2, 0) is 0 Å². The van der Waals surface area contributed by atoms with Crippen molar-refractivity contribution in [1.29, 1.82) is 0 Å². The fraction of sp³-hybridized carbons (Fsp3) is 0.556. The molecule has 0 saturated carbocycles. The molecule has 2 rings (SSSR count). The molecule has 2 heterocycles. The Morgan fingerprint density at radius 1 is 1.54 bits per heavy atom. The Labute approximate surface area is 77.2 Å². The van der Waals surface area contributed by atoms with Gasteiger partial charge in [-0.15, -0.1) is 5.10 Å². The average molecular weight is 179 g/mol. The Bertz CT molecular complexity index is 267. The molecule has 1 saturated heterocycles. The Morgan fingerprint density at radius 3 is 2.92 bits per heavy atom. The van der Waals surface area contributed by atoms with Crippen molar-refractivity contribution in [2.45, 2.75) is 13.0 Å². The summed E-state index contributed by atoms with van der Waals surface area (Å²) in [6, 6.07) is 3.77. The van der Waals surface area contributed by atoms with Gasteiger partial charge in [0.2, 0.25) is 0 Å². The molecule has 13 heavy (non-hydrogen) atoms. The van der Waals surface area contributed by atoms with E-state index in [9.17, 15) is 5.11 Å². The van der Waals surface area contributed by atoms with Crippen molar-refractivity contribution in [1.82, 2.24) is 10.2 Å². The zero-order chi connectivity index (χ0) is 9.26. The molecule has 2 atom stereocenters. The predicted octanol–water partition coefficient (Wildman–Crippen LogP) is 0.294. The number of β-amino-alcohol motifs (C(OH)–C–C–N with tert-alkyl or cyclic N) is 1. The molecule has 0 aromatic carbocycles. The number of rotatable bonds is 1. The highest BCUT2D eigenvalue weighted by molar-refractivity contribution is 5.38. The molecule has 0 amide bonds. The monoisotopic (exact) mass is 179 g/mol. The number of hydrogen-bond donors (Lipinski definition) is 1. The zero-order valence-corrected chi connectivity index (χ0v) is 7.59. The van der Waals surface area contributed by atoms with Crippen molar-refractivity contribution in [3.63, 3.8) is 0 Å². The lowest BCUT2D eigenvalue weighted by atomic mass is 10.1. The van der Waals surface area contributed by atoms with Crippen molar-refractivity contribution < 1.29 is 5.11 Å². The van der Waals surface area contributed by atoms with Crippen LogP contribution in [0.2, 0.25) is 0 Å². The second-order valence-corrected chi connectivity index (χ2v) is 3.53. The van der Waals surface area contributed by atoms with Gasteiger partial charge in [-0.3, -0.25) is 0 Å². The highest BCUT2D eigenvalue weighted by atomic mass is 16.3. The van der Waals surface area contributed by atoms with Crippen molar-refractivity contribution in [3.05, 3.63) is 18.3 Å². The zero-order valence-electron chi connectivity index (χ0n) is 7.59. The number of hydrogen-bond acceptors (Lipinski definition) is 4. The summed E-state index contributed by atoms with van der Waals surface area (Å²) in [5.41, 5.74) is 0. The summed E-state index contributed by atoms with van der Waals surface area (Å²) < 4.78 is 0. The number of nitrogens with zero attached hydrogens (tertiary/aromatic N) is 3. The van der Waals surface area contributed by atoms with Crippen LogP contribution in [0, 0.1) is 5.92 Å². The predicted molar refractivity (Wildman–Crippen MR) is 49.4 cm³/mol. The summed E-state index contributed by atoms with van der Waals surface area (Å²) in [5, 5.41) is 17.3. The molecule has 70 valence electrons. The number of anilines is 1. The first kappa shape index (κ1) is 8.44. The Morgan fingerprint density at radius 2 is 2.38 bits per heavy atom. The van der Waals surface area contributed by atoms with Gasteiger partial charge in [-0.25, -0.2) is 0 Å². The lowest BCUT2D eigenvalue weighted by Crippen LogP contribution is -2.22. The molecule has 1 N–H and O–H groups in total. The van der Waals surface area contributed by atoms with Crippen molar-refractivity contribution in [2.24, 2.45) is 5.92 Å². The van der Waals surface area contributed by atoms with E-state index in [1.807, 2.05) is 19.1 Å². The molecule has 1 aliphatic rings. The Balaban J connectivity index is 2.12. The molecule has 0 radical (unpaired) electrons. The third-order valence-electron chi connectivity index (χ3n) is 2.45. The maximum absolute atomic E-state index is 9.54. The van der Waals surface area contributed by atoms with E-state index in [0.29, 0.717) is 12.5 Å². The van der Waals surface area contributed by atoms with Crippen molar-refractivity contribution in [3.8, 4) is 0 Å². The number of aromatic nitrogens is 2. The molecular weight excluding hydrogens is 166 g/mol. The SMILES string of the molecule is C[C@H]1CN(c2cccnn2)C[C@@H]1O. The molecule has 0 aliphatic carbocycles. The fourth-order valence-electron chi connectivity index (χ4n) is 1.60. The van der Waals surface area contributed by atoms with Gasteiger partial charge < -0.3 is 10.0 Å². The van der Waals surface area contributed by atoms with E-state index in [4.69, 9.17) is 0 Å². The summed E-state index contributed by atoms with van der Waals surface area (Å²) in [6.07, 6.45) is 1.42. The highest BCUT2D eigenvalue weighted by Gasteiger charge is 2.28. The van der Waals surface area contributed by atoms with E-state index in [1.54, 1.807) is 6.20 Å². The van der Waals surface area contributed by atoms with Gasteiger partial charge in [0, 0.05) is 25.2 Å². The molecule has 1 fully saturated rings. The first-order valence-corrected chi connectivity index (χ1v) is 4.48. The van der Waals surface area contributed by atoms with Crippen LogP contribution in [0.3, 0.4) is 0 Å². The van der Waals surface area contributed by atoms with Gasteiger partial charge in [-0.05, 0) is 12.1 Å². The molecular formula is C9H13N3O. The lowest BCUT2D eigenvalue weighted by molar-refractivity contribution is 0.157. The second-order valence-electron chi connectivity index (χ2n) is 3.53. The molecule has 1 aromatic rings. The maximum Gasteiger partial charge on any atom is 0.151 e. The van der Waals surface area contributed by atoms with Crippen LogP contribution in [0.15, 0.2) is 18.3 Å². The average Bonchev–Trinajstić information content (AvgIpc) is 2.49. The third-order valence-corrected chi connectivity index (χ3v) is 2.45. The van der Waals surface area contributed by atoms with Crippen molar-refractivity contribution >= 4 is 5.82 Å².